The zero-order valence-electron chi connectivity index (χ0n) is 17.2. The Balaban J connectivity index is 1.82. The van der Waals surface area contributed by atoms with Gasteiger partial charge in [-0.1, -0.05) is 30.3 Å². The second kappa shape index (κ2) is 8.10. The van der Waals surface area contributed by atoms with Crippen molar-refractivity contribution in [2.45, 2.75) is 6.42 Å². The highest BCUT2D eigenvalue weighted by Crippen LogP contribution is 2.30. The van der Waals surface area contributed by atoms with Crippen LogP contribution in [-0.4, -0.2) is 40.0 Å². The van der Waals surface area contributed by atoms with Crippen LogP contribution >= 0.6 is 0 Å². The second-order valence-corrected chi connectivity index (χ2v) is 6.94. The van der Waals surface area contributed by atoms with E-state index in [1.807, 2.05) is 0 Å². The first-order valence-corrected chi connectivity index (χ1v) is 9.46. The minimum absolute atomic E-state index is 0.0469. The number of benzene rings is 2. The zero-order valence-corrected chi connectivity index (χ0v) is 17.2. The highest BCUT2D eigenvalue weighted by Gasteiger charge is 2.22. The number of nitrogens with zero attached hydrogens (tertiary/aromatic N) is 5. The molecule has 0 saturated heterocycles. The molecule has 0 radical (unpaired) electrons. The van der Waals surface area contributed by atoms with Gasteiger partial charge in [0, 0.05) is 18.9 Å². The summed E-state index contributed by atoms with van der Waals surface area (Å²) < 4.78 is 34.0. The van der Waals surface area contributed by atoms with E-state index < -0.39 is 17.7 Å². The Hall–Kier alpha value is -4.28. The fourth-order valence-corrected chi connectivity index (χ4v) is 3.42. The first-order valence-electron chi connectivity index (χ1n) is 9.46. The number of para-hydroxylation sites is 1. The van der Waals surface area contributed by atoms with Crippen molar-refractivity contribution in [2.75, 3.05) is 30.5 Å². The van der Waals surface area contributed by atoms with Crippen LogP contribution in [0.2, 0.25) is 0 Å². The topological polar surface area (TPSA) is 125 Å². The Kier molecular flexibility index (Phi) is 5.31. The van der Waals surface area contributed by atoms with Gasteiger partial charge in [0.05, 0.1) is 18.3 Å². The summed E-state index contributed by atoms with van der Waals surface area (Å²) >= 11 is 0. The van der Waals surface area contributed by atoms with Crippen molar-refractivity contribution in [2.24, 2.45) is 0 Å². The van der Waals surface area contributed by atoms with Gasteiger partial charge in [-0.15, -0.1) is 0 Å². The third-order valence-electron chi connectivity index (χ3n) is 4.95. The maximum Gasteiger partial charge on any atom is 0.413 e. The van der Waals surface area contributed by atoms with E-state index in [1.54, 1.807) is 24.3 Å². The van der Waals surface area contributed by atoms with Gasteiger partial charge in [0.15, 0.2) is 23.3 Å². The summed E-state index contributed by atoms with van der Waals surface area (Å²) in [6, 6.07) is 11.2. The molecule has 32 heavy (non-hydrogen) atoms. The minimum atomic E-state index is -0.930. The lowest BCUT2D eigenvalue weighted by atomic mass is 10.1. The maximum atomic E-state index is 14.2. The quantitative estimate of drug-likeness (QED) is 0.501. The van der Waals surface area contributed by atoms with E-state index in [1.165, 1.54) is 31.0 Å². The Morgan fingerprint density at radius 1 is 1.09 bits per heavy atom. The number of carbonyl (C=O) groups excluding carboxylic acids is 1. The lowest BCUT2D eigenvalue weighted by Gasteiger charge is -2.18. The largest absolute Gasteiger partial charge is 0.452 e. The molecule has 0 aliphatic rings. The highest BCUT2D eigenvalue weighted by molar-refractivity contribution is 5.94. The molecule has 11 heteroatoms. The number of halogens is 2. The maximum absolute atomic E-state index is 14.2. The molecular formula is C21H19F2N7O2. The molecule has 2 aromatic carbocycles. The Morgan fingerprint density at radius 3 is 2.47 bits per heavy atom. The van der Waals surface area contributed by atoms with Crippen LogP contribution < -0.4 is 16.4 Å². The van der Waals surface area contributed by atoms with Gasteiger partial charge in [0.1, 0.15) is 5.69 Å². The summed E-state index contributed by atoms with van der Waals surface area (Å²) in [5.41, 5.74) is 13.5. The van der Waals surface area contributed by atoms with Crippen LogP contribution in [-0.2, 0) is 11.2 Å². The molecule has 0 spiro atoms. The van der Waals surface area contributed by atoms with Crippen LogP contribution in [0.1, 0.15) is 11.3 Å². The monoisotopic (exact) mass is 439 g/mol. The van der Waals surface area contributed by atoms with Crippen molar-refractivity contribution < 1.29 is 18.3 Å². The molecule has 0 unspecified atom stereocenters. The van der Waals surface area contributed by atoms with Crippen LogP contribution in [0.5, 0.6) is 0 Å². The number of hydrogen-bond donors (Lipinski definition) is 2. The molecule has 0 fully saturated rings. The van der Waals surface area contributed by atoms with Gasteiger partial charge in [-0.2, -0.15) is 19.7 Å². The number of carbonyl (C=O) groups is 1. The SMILES string of the molecule is COC(=O)N(C)c1c(N)nc(-n2nc(Cc3cccc(F)c3F)c3ccccc32)nc1N. The van der Waals surface area contributed by atoms with Gasteiger partial charge in [0.25, 0.3) is 5.95 Å². The molecule has 4 rings (SSSR count). The molecule has 1 amide bonds. The van der Waals surface area contributed by atoms with Crippen LogP contribution in [0.25, 0.3) is 16.9 Å². The standard InChI is InChI=1S/C21H19F2N7O2/c1-29(21(31)32-2)17-18(24)26-20(27-19(17)25)30-15-9-4-3-7-12(15)14(28-30)10-11-6-5-8-13(22)16(11)23/h3-9H,10H2,1-2H3,(H4,24,25,26,27). The number of nitrogen functional groups attached to an aromatic ring is 2. The molecule has 0 aliphatic carbocycles. The lowest BCUT2D eigenvalue weighted by Crippen LogP contribution is -2.28. The molecule has 0 saturated carbocycles. The first kappa shape index (κ1) is 21.0. The fraction of sp³-hybridized carbons (Fsp3) is 0.143. The molecule has 0 aliphatic heterocycles. The van der Waals surface area contributed by atoms with Crippen molar-refractivity contribution >= 4 is 34.3 Å². The van der Waals surface area contributed by atoms with Gasteiger partial charge in [-0.3, -0.25) is 4.90 Å². The van der Waals surface area contributed by atoms with E-state index in [9.17, 15) is 13.6 Å². The van der Waals surface area contributed by atoms with Crippen molar-refractivity contribution in [3.8, 4) is 5.95 Å². The van der Waals surface area contributed by atoms with Crippen molar-refractivity contribution in [3.63, 3.8) is 0 Å². The molecule has 9 nitrogen and oxygen atoms in total. The molecule has 4 N–H and O–H groups in total. The third kappa shape index (κ3) is 3.53. The molecular weight excluding hydrogens is 420 g/mol. The summed E-state index contributed by atoms with van der Waals surface area (Å²) in [6.07, 6.45) is -0.644. The lowest BCUT2D eigenvalue weighted by molar-refractivity contribution is 0.180. The van der Waals surface area contributed by atoms with Crippen LogP contribution in [0.15, 0.2) is 42.5 Å². The number of aromatic nitrogens is 4. The number of ether oxygens (including phenoxy) is 1. The first-order chi connectivity index (χ1) is 15.3. The molecule has 0 atom stereocenters. The van der Waals surface area contributed by atoms with E-state index in [0.29, 0.717) is 16.6 Å². The van der Waals surface area contributed by atoms with Crippen LogP contribution in [0.3, 0.4) is 0 Å². The van der Waals surface area contributed by atoms with Gasteiger partial charge in [-0.25, -0.2) is 13.6 Å². The smallest absolute Gasteiger partial charge is 0.413 e. The van der Waals surface area contributed by atoms with Gasteiger partial charge in [0.2, 0.25) is 0 Å². The molecule has 2 heterocycles. The number of fused-ring (bicyclic) bond motifs is 1. The highest BCUT2D eigenvalue weighted by atomic mass is 19.2. The van der Waals surface area contributed by atoms with E-state index >= 15 is 0 Å². The van der Waals surface area contributed by atoms with E-state index in [-0.39, 0.29) is 35.3 Å². The molecule has 4 aromatic rings. The van der Waals surface area contributed by atoms with Crippen molar-refractivity contribution in [1.29, 1.82) is 0 Å². The number of methoxy groups -OCH3 is 1. The average Bonchev–Trinajstić information content (AvgIpc) is 3.14. The summed E-state index contributed by atoms with van der Waals surface area (Å²) in [5.74, 6) is -1.91. The number of hydrogen-bond acceptors (Lipinski definition) is 7. The number of rotatable bonds is 4. The number of amides is 1. The van der Waals surface area contributed by atoms with E-state index in [0.717, 1.165) is 11.0 Å². The Labute approximate surface area is 181 Å². The summed E-state index contributed by atoms with van der Waals surface area (Å²) in [4.78, 5) is 21.4. The number of nitrogens with two attached hydrogens (primary N) is 2. The van der Waals surface area contributed by atoms with E-state index in [2.05, 4.69) is 19.8 Å². The molecule has 2 aromatic heterocycles. The average molecular weight is 439 g/mol. The Bertz CT molecular complexity index is 1320. The predicted molar refractivity (Wildman–Crippen MR) is 115 cm³/mol. The normalized spacial score (nSPS) is 11.0. The Morgan fingerprint density at radius 2 is 1.78 bits per heavy atom. The third-order valence-corrected chi connectivity index (χ3v) is 4.95. The number of anilines is 3. The summed E-state index contributed by atoms with van der Waals surface area (Å²) in [6.45, 7) is 0. The summed E-state index contributed by atoms with van der Waals surface area (Å²) in [5, 5.41) is 5.22. The van der Waals surface area contributed by atoms with Gasteiger partial charge < -0.3 is 16.2 Å². The molecule has 0 bridgehead atoms. The van der Waals surface area contributed by atoms with E-state index in [4.69, 9.17) is 11.5 Å². The van der Waals surface area contributed by atoms with Crippen molar-refractivity contribution in [3.05, 3.63) is 65.4 Å². The second-order valence-electron chi connectivity index (χ2n) is 6.94. The van der Waals surface area contributed by atoms with Crippen LogP contribution in [0.4, 0.5) is 30.9 Å². The zero-order chi connectivity index (χ0) is 23.0. The fourth-order valence-electron chi connectivity index (χ4n) is 3.42. The predicted octanol–water partition coefficient (Wildman–Crippen LogP) is 3.05. The summed E-state index contributed by atoms with van der Waals surface area (Å²) in [7, 11) is 2.64. The van der Waals surface area contributed by atoms with Gasteiger partial charge in [-0.05, 0) is 17.7 Å². The van der Waals surface area contributed by atoms with Crippen LogP contribution in [0, 0.1) is 11.6 Å². The molecule has 164 valence electrons. The minimum Gasteiger partial charge on any atom is -0.452 e. The van der Waals surface area contributed by atoms with Gasteiger partial charge >= 0.3 is 6.09 Å². The van der Waals surface area contributed by atoms with Crippen molar-refractivity contribution in [1.82, 2.24) is 19.7 Å².